The van der Waals surface area contributed by atoms with Crippen molar-refractivity contribution in [1.82, 2.24) is 0 Å². The van der Waals surface area contributed by atoms with Crippen LogP contribution < -0.4 is 4.74 Å². The molecule has 0 saturated heterocycles. The van der Waals surface area contributed by atoms with Crippen LogP contribution in [0.25, 0.3) is 0 Å². The van der Waals surface area contributed by atoms with Crippen LogP contribution in [0.2, 0.25) is 0 Å². The van der Waals surface area contributed by atoms with Crippen molar-refractivity contribution in [1.29, 1.82) is 0 Å². The molecule has 0 aromatic heterocycles. The number of unbranched alkanes of at least 4 members (excludes halogenated alkanes) is 15. The van der Waals surface area contributed by atoms with E-state index < -0.39 is 0 Å². The molecule has 2 aliphatic carbocycles. The Kier molecular flexibility index (Phi) is 18.5. The number of rotatable bonds is 25. The molecule has 1 fully saturated rings. The second kappa shape index (κ2) is 22.0. The lowest BCUT2D eigenvalue weighted by Crippen LogP contribution is -2.28. The topological polar surface area (TPSA) is 76.0 Å². The Morgan fingerprint density at radius 3 is 2.09 bits per heavy atom. The van der Waals surface area contributed by atoms with Crippen molar-refractivity contribution < 1.29 is 24.5 Å². The largest absolute Gasteiger partial charge is 0.482 e. The molecule has 1 saturated carbocycles. The standard InChI is InChI=1S/C39H66O5/c1-3-5-7-8-9-10-11-12-13-14-15-16-17-19-26-43-39(42)30-44-38-23-20-21-31-27-35-32(28-36(31)38)29-37(41)34(35)25-24-33(40)22-18-6-4-2/h20-21,23,32-35,37,40-41H,3-19,22,24-30H2,1-2H3. The van der Waals surface area contributed by atoms with Crippen LogP contribution in [0.15, 0.2) is 18.2 Å². The summed E-state index contributed by atoms with van der Waals surface area (Å²) in [4.78, 5) is 12.4. The summed E-state index contributed by atoms with van der Waals surface area (Å²) in [7, 11) is 0. The van der Waals surface area contributed by atoms with Crippen molar-refractivity contribution in [3.63, 3.8) is 0 Å². The minimum atomic E-state index is -0.295. The molecular weight excluding hydrogens is 548 g/mol. The first-order valence-electron chi connectivity index (χ1n) is 18.8. The van der Waals surface area contributed by atoms with E-state index in [9.17, 15) is 15.0 Å². The van der Waals surface area contributed by atoms with E-state index >= 15 is 0 Å². The van der Waals surface area contributed by atoms with Gasteiger partial charge in [0.25, 0.3) is 0 Å². The van der Waals surface area contributed by atoms with Crippen molar-refractivity contribution in [2.24, 2.45) is 17.8 Å². The molecule has 0 aliphatic heterocycles. The summed E-state index contributed by atoms with van der Waals surface area (Å²) in [5, 5.41) is 21.4. The number of aliphatic hydroxyl groups excluding tert-OH is 2. The lowest BCUT2D eigenvalue weighted by atomic mass is 9.73. The summed E-state index contributed by atoms with van der Waals surface area (Å²) in [6.45, 7) is 4.89. The highest BCUT2D eigenvalue weighted by Crippen LogP contribution is 2.48. The monoisotopic (exact) mass is 614 g/mol. The molecule has 2 N–H and O–H groups in total. The molecule has 5 unspecified atom stereocenters. The number of hydrogen-bond acceptors (Lipinski definition) is 5. The van der Waals surface area contributed by atoms with Crippen LogP contribution in [-0.4, -0.2) is 41.6 Å². The first-order chi connectivity index (χ1) is 21.5. The normalized spacial score (nSPS) is 21.5. The van der Waals surface area contributed by atoms with Gasteiger partial charge in [0, 0.05) is 0 Å². The number of fused-ring (bicyclic) bond motifs is 2. The molecule has 0 amide bonds. The van der Waals surface area contributed by atoms with Gasteiger partial charge >= 0.3 is 5.97 Å². The van der Waals surface area contributed by atoms with E-state index in [-0.39, 0.29) is 30.7 Å². The maximum atomic E-state index is 12.4. The quantitative estimate of drug-likeness (QED) is 0.0847. The Morgan fingerprint density at radius 2 is 1.43 bits per heavy atom. The molecule has 44 heavy (non-hydrogen) atoms. The van der Waals surface area contributed by atoms with Gasteiger partial charge in [0.05, 0.1) is 18.8 Å². The first-order valence-corrected chi connectivity index (χ1v) is 18.8. The third kappa shape index (κ3) is 13.4. The summed E-state index contributed by atoms with van der Waals surface area (Å²) < 4.78 is 11.5. The second-order valence-corrected chi connectivity index (χ2v) is 14.0. The van der Waals surface area contributed by atoms with Gasteiger partial charge in [-0.25, -0.2) is 4.79 Å². The van der Waals surface area contributed by atoms with Crippen molar-refractivity contribution in [3.05, 3.63) is 29.3 Å². The maximum Gasteiger partial charge on any atom is 0.344 e. The molecule has 0 radical (unpaired) electrons. The Morgan fingerprint density at radius 1 is 0.818 bits per heavy atom. The van der Waals surface area contributed by atoms with Gasteiger partial charge in [-0.1, -0.05) is 129 Å². The number of esters is 1. The van der Waals surface area contributed by atoms with E-state index in [0.717, 1.165) is 63.5 Å². The van der Waals surface area contributed by atoms with Gasteiger partial charge in [-0.2, -0.15) is 0 Å². The maximum absolute atomic E-state index is 12.4. The zero-order chi connectivity index (χ0) is 31.4. The number of carbonyl (C=O) groups is 1. The number of hydrogen-bond donors (Lipinski definition) is 2. The van der Waals surface area contributed by atoms with Crippen LogP contribution in [-0.2, 0) is 22.4 Å². The molecule has 1 aromatic carbocycles. The second-order valence-electron chi connectivity index (χ2n) is 14.0. The van der Waals surface area contributed by atoms with Crippen LogP contribution in [0.1, 0.15) is 160 Å². The molecule has 0 spiro atoms. The third-order valence-electron chi connectivity index (χ3n) is 10.4. The predicted molar refractivity (Wildman–Crippen MR) is 181 cm³/mol. The van der Waals surface area contributed by atoms with Crippen molar-refractivity contribution in [2.75, 3.05) is 13.2 Å². The summed E-state index contributed by atoms with van der Waals surface area (Å²) in [5.74, 6) is 1.63. The van der Waals surface area contributed by atoms with Crippen molar-refractivity contribution in [2.45, 2.75) is 174 Å². The lowest BCUT2D eigenvalue weighted by Gasteiger charge is -2.32. The number of aliphatic hydroxyl groups is 2. The zero-order valence-electron chi connectivity index (χ0n) is 28.4. The highest BCUT2D eigenvalue weighted by molar-refractivity contribution is 5.71. The van der Waals surface area contributed by atoms with E-state index in [1.54, 1.807) is 0 Å². The van der Waals surface area contributed by atoms with Crippen LogP contribution in [0.3, 0.4) is 0 Å². The van der Waals surface area contributed by atoms with E-state index in [1.165, 1.54) is 101 Å². The van der Waals surface area contributed by atoms with Crippen molar-refractivity contribution in [3.8, 4) is 5.75 Å². The Labute approximate surface area is 269 Å². The van der Waals surface area contributed by atoms with Gasteiger partial charge < -0.3 is 19.7 Å². The molecule has 252 valence electrons. The van der Waals surface area contributed by atoms with Crippen LogP contribution in [0.5, 0.6) is 5.75 Å². The van der Waals surface area contributed by atoms with Crippen molar-refractivity contribution >= 4 is 5.97 Å². The van der Waals surface area contributed by atoms with Gasteiger partial charge in [-0.3, -0.25) is 0 Å². The molecule has 2 aliphatic rings. The predicted octanol–water partition coefficient (Wildman–Crippen LogP) is 9.52. The number of ether oxygens (including phenoxy) is 2. The van der Waals surface area contributed by atoms with Gasteiger partial charge in [-0.15, -0.1) is 0 Å². The average molecular weight is 615 g/mol. The van der Waals surface area contributed by atoms with Crippen LogP contribution >= 0.6 is 0 Å². The molecule has 1 aromatic rings. The average Bonchev–Trinajstić information content (AvgIpc) is 3.33. The fraction of sp³-hybridized carbons (Fsp3) is 0.821. The van der Waals surface area contributed by atoms with E-state index in [4.69, 9.17) is 9.47 Å². The lowest BCUT2D eigenvalue weighted by molar-refractivity contribution is -0.146. The zero-order valence-corrected chi connectivity index (χ0v) is 28.4. The summed E-state index contributed by atoms with van der Waals surface area (Å²) in [6, 6.07) is 6.16. The molecule has 5 nitrogen and oxygen atoms in total. The Bertz CT molecular complexity index is 900. The summed E-state index contributed by atoms with van der Waals surface area (Å²) >= 11 is 0. The number of carbonyl (C=O) groups excluding carboxylic acids is 1. The SMILES string of the molecule is CCCCCCCCCCCCCCCCOC(=O)COc1cccc2c1CC1CC(O)C(CCC(O)CCCCC)C1C2. The Hall–Kier alpha value is -1.59. The summed E-state index contributed by atoms with van der Waals surface area (Å²) in [6.07, 6.45) is 26.4. The van der Waals surface area contributed by atoms with E-state index in [2.05, 4.69) is 19.9 Å². The van der Waals surface area contributed by atoms with Gasteiger partial charge in [0.15, 0.2) is 6.61 Å². The Balaban J connectivity index is 1.27. The van der Waals surface area contributed by atoms with E-state index in [0.29, 0.717) is 18.4 Å². The smallest absolute Gasteiger partial charge is 0.344 e. The highest BCUT2D eigenvalue weighted by atomic mass is 16.6. The summed E-state index contributed by atoms with van der Waals surface area (Å²) in [5.41, 5.74) is 2.48. The fourth-order valence-corrected chi connectivity index (χ4v) is 7.76. The minimum absolute atomic E-state index is 0.0513. The van der Waals surface area contributed by atoms with Crippen LogP contribution in [0, 0.1) is 17.8 Å². The molecule has 5 heteroatoms. The minimum Gasteiger partial charge on any atom is -0.482 e. The fourth-order valence-electron chi connectivity index (χ4n) is 7.76. The molecular formula is C39H66O5. The number of benzene rings is 1. The van der Waals surface area contributed by atoms with Gasteiger partial charge in [0.2, 0.25) is 0 Å². The van der Waals surface area contributed by atoms with Gasteiger partial charge in [-0.05, 0) is 79.9 Å². The van der Waals surface area contributed by atoms with Crippen LogP contribution in [0.4, 0.5) is 0 Å². The van der Waals surface area contributed by atoms with Gasteiger partial charge in [0.1, 0.15) is 5.75 Å². The molecule has 5 atom stereocenters. The third-order valence-corrected chi connectivity index (χ3v) is 10.4. The first kappa shape index (κ1) is 36.9. The van der Waals surface area contributed by atoms with E-state index in [1.807, 2.05) is 12.1 Å². The molecule has 0 heterocycles. The highest BCUT2D eigenvalue weighted by Gasteiger charge is 2.44. The molecule has 3 rings (SSSR count). The molecule has 0 bridgehead atoms.